The topological polar surface area (TPSA) is 104 Å². The molecular formula is C20H38NO7P. The molecule has 9 heteroatoms. The third-order valence-corrected chi connectivity index (χ3v) is 5.95. The number of nitrogens with one attached hydrogen (secondary N) is 1. The van der Waals surface area contributed by atoms with E-state index >= 15 is 0 Å². The number of allylic oxidation sites excluding steroid dienone is 1. The van der Waals surface area contributed by atoms with E-state index < -0.39 is 31.7 Å². The van der Waals surface area contributed by atoms with Crippen molar-refractivity contribution >= 4 is 19.5 Å². The first-order chi connectivity index (χ1) is 13.2. The smallest absolute Gasteiger partial charge is 0.337 e. The number of rotatable bonds is 12. The molecule has 8 nitrogen and oxygen atoms in total. The fourth-order valence-electron chi connectivity index (χ4n) is 1.99. The van der Waals surface area contributed by atoms with Crippen LogP contribution in [0.15, 0.2) is 12.3 Å². The molecule has 0 spiro atoms. The van der Waals surface area contributed by atoms with Gasteiger partial charge in [0.25, 0.3) is 0 Å². The highest BCUT2D eigenvalue weighted by Crippen LogP contribution is 2.50. The Hall–Kier alpha value is -1.37. The van der Waals surface area contributed by atoms with Crippen LogP contribution in [0.4, 0.5) is 0 Å². The maximum absolute atomic E-state index is 13.3. The van der Waals surface area contributed by atoms with E-state index in [1.165, 1.54) is 7.11 Å². The first-order valence-corrected chi connectivity index (χ1v) is 11.4. The third-order valence-electron chi connectivity index (χ3n) is 4.07. The average molecular weight is 435 g/mol. The Morgan fingerprint density at radius 1 is 1.03 bits per heavy atom. The summed E-state index contributed by atoms with van der Waals surface area (Å²) in [4.78, 5) is 12.0. The Labute approximate surface area is 175 Å². The molecule has 29 heavy (non-hydrogen) atoms. The fourth-order valence-corrected chi connectivity index (χ4v) is 3.57. The Morgan fingerprint density at radius 2 is 1.55 bits per heavy atom. The van der Waals surface area contributed by atoms with Gasteiger partial charge in [0.2, 0.25) is 0 Å². The molecule has 0 aliphatic carbocycles. The number of hydrogen-bond donors (Lipinski definition) is 1. The predicted octanol–water partition coefficient (Wildman–Crippen LogP) is 5.33. The fraction of sp³-hybridized carbons (Fsp3) is 0.800. The quantitative estimate of drug-likeness (QED) is 0.110. The third kappa shape index (κ3) is 10.8. The molecule has 0 aliphatic heterocycles. The van der Waals surface area contributed by atoms with Gasteiger partial charge in [-0.25, -0.2) is 0 Å². The number of methoxy groups -OCH3 is 1. The van der Waals surface area contributed by atoms with Gasteiger partial charge in [0, 0.05) is 10.8 Å². The Bertz CT molecular complexity index is 569. The summed E-state index contributed by atoms with van der Waals surface area (Å²) in [6.07, 6.45) is 0.991. The van der Waals surface area contributed by atoms with Crippen LogP contribution in [0.5, 0.6) is 0 Å². The van der Waals surface area contributed by atoms with Gasteiger partial charge in [0.15, 0.2) is 19.5 Å². The Kier molecular flexibility index (Phi) is 11.2. The molecule has 0 amide bonds. The summed E-state index contributed by atoms with van der Waals surface area (Å²) < 4.78 is 39.6. The SMILES string of the molecule is C=C(OCOP(=O)(CC(CCC)C(=O)OC)OCOC(=N)C(C)(C)C)C(C)(C)C. The maximum Gasteiger partial charge on any atom is 0.337 e. The van der Waals surface area contributed by atoms with Gasteiger partial charge in [-0.15, -0.1) is 0 Å². The number of carbonyl (C=O) groups is 1. The zero-order valence-corrected chi connectivity index (χ0v) is 20.0. The number of carbonyl (C=O) groups excluding carboxylic acids is 1. The molecule has 0 aliphatic rings. The number of ether oxygens (including phenoxy) is 3. The molecule has 0 saturated heterocycles. The minimum atomic E-state index is -3.78. The van der Waals surface area contributed by atoms with Crippen molar-refractivity contribution in [1.82, 2.24) is 0 Å². The van der Waals surface area contributed by atoms with E-state index in [1.807, 2.05) is 48.5 Å². The average Bonchev–Trinajstić information content (AvgIpc) is 2.58. The zero-order valence-electron chi connectivity index (χ0n) is 19.1. The normalized spacial score (nSPS) is 15.2. The Balaban J connectivity index is 5.18. The van der Waals surface area contributed by atoms with Crippen LogP contribution in [0, 0.1) is 22.2 Å². The standard InChI is InChI=1S/C20H38NO7P/c1-10-11-16(17(22)24-9)12-29(23,27-13-25-15(2)19(3,4)5)28-14-26-18(21)20(6,7)8/h16,21H,2,10-14H2,1,3-9H3. The molecule has 0 aromatic heterocycles. The van der Waals surface area contributed by atoms with Gasteiger partial charge < -0.3 is 14.2 Å². The zero-order chi connectivity index (χ0) is 22.9. The first kappa shape index (κ1) is 27.6. The van der Waals surface area contributed by atoms with Gasteiger partial charge in [-0.1, -0.05) is 61.5 Å². The Morgan fingerprint density at radius 3 is 1.97 bits per heavy atom. The van der Waals surface area contributed by atoms with Crippen molar-refractivity contribution in [3.63, 3.8) is 0 Å². The lowest BCUT2D eigenvalue weighted by Gasteiger charge is -2.26. The molecule has 170 valence electrons. The number of hydrogen-bond acceptors (Lipinski definition) is 8. The van der Waals surface area contributed by atoms with E-state index in [-0.39, 0.29) is 24.3 Å². The van der Waals surface area contributed by atoms with E-state index in [1.54, 1.807) is 0 Å². The minimum absolute atomic E-state index is 0.0144. The van der Waals surface area contributed by atoms with E-state index in [2.05, 4.69) is 6.58 Å². The van der Waals surface area contributed by atoms with Crippen LogP contribution in [0.1, 0.15) is 61.3 Å². The van der Waals surface area contributed by atoms with Crippen molar-refractivity contribution < 1.29 is 32.6 Å². The van der Waals surface area contributed by atoms with Crippen molar-refractivity contribution in [2.75, 3.05) is 26.9 Å². The van der Waals surface area contributed by atoms with E-state index in [9.17, 15) is 9.36 Å². The van der Waals surface area contributed by atoms with Gasteiger partial charge in [0.1, 0.15) is 0 Å². The molecule has 0 fully saturated rings. The van der Waals surface area contributed by atoms with Crippen molar-refractivity contribution in [3.8, 4) is 0 Å². The van der Waals surface area contributed by atoms with Crippen molar-refractivity contribution in [3.05, 3.63) is 12.3 Å². The molecular weight excluding hydrogens is 397 g/mol. The predicted molar refractivity (Wildman–Crippen MR) is 113 cm³/mol. The van der Waals surface area contributed by atoms with Crippen LogP contribution in [0.2, 0.25) is 0 Å². The number of esters is 1. The second-order valence-electron chi connectivity index (χ2n) is 8.84. The lowest BCUT2D eigenvalue weighted by molar-refractivity contribution is -0.145. The molecule has 1 N–H and O–H groups in total. The van der Waals surface area contributed by atoms with E-state index in [4.69, 9.17) is 28.7 Å². The van der Waals surface area contributed by atoms with E-state index in [0.29, 0.717) is 18.6 Å². The second kappa shape index (κ2) is 11.7. The summed E-state index contributed by atoms with van der Waals surface area (Å²) in [6.45, 7) is 16.2. The highest BCUT2D eigenvalue weighted by Gasteiger charge is 2.34. The van der Waals surface area contributed by atoms with Crippen LogP contribution < -0.4 is 0 Å². The molecule has 0 aromatic rings. The lowest BCUT2D eigenvalue weighted by Crippen LogP contribution is -2.25. The van der Waals surface area contributed by atoms with Crippen LogP contribution in [-0.4, -0.2) is 38.7 Å². The summed E-state index contributed by atoms with van der Waals surface area (Å²) in [5.41, 5.74) is -0.825. The van der Waals surface area contributed by atoms with Crippen LogP contribution in [-0.2, 0) is 32.6 Å². The summed E-state index contributed by atoms with van der Waals surface area (Å²) in [7, 11) is -2.50. The second-order valence-corrected chi connectivity index (χ2v) is 10.9. The van der Waals surface area contributed by atoms with E-state index in [0.717, 1.165) is 0 Å². The van der Waals surface area contributed by atoms with Crippen LogP contribution in [0.25, 0.3) is 0 Å². The van der Waals surface area contributed by atoms with Gasteiger partial charge >= 0.3 is 13.6 Å². The molecule has 0 bridgehead atoms. The molecule has 2 atom stereocenters. The minimum Gasteiger partial charge on any atom is -0.471 e. The monoisotopic (exact) mass is 435 g/mol. The summed E-state index contributed by atoms with van der Waals surface area (Å²) in [5.74, 6) is -0.682. The highest BCUT2D eigenvalue weighted by molar-refractivity contribution is 7.53. The molecule has 0 rings (SSSR count). The van der Waals surface area contributed by atoms with Crippen molar-refractivity contribution in [2.24, 2.45) is 16.7 Å². The maximum atomic E-state index is 13.3. The highest BCUT2D eigenvalue weighted by atomic mass is 31.2. The molecule has 0 saturated carbocycles. The van der Waals surface area contributed by atoms with Crippen LogP contribution in [0.3, 0.4) is 0 Å². The van der Waals surface area contributed by atoms with Gasteiger partial charge in [-0.2, -0.15) is 0 Å². The summed E-state index contributed by atoms with van der Waals surface area (Å²) >= 11 is 0. The van der Waals surface area contributed by atoms with Gasteiger partial charge in [-0.3, -0.25) is 23.8 Å². The van der Waals surface area contributed by atoms with Gasteiger partial charge in [0.05, 0.1) is 24.9 Å². The molecule has 0 heterocycles. The van der Waals surface area contributed by atoms with Crippen LogP contribution >= 0.6 is 7.60 Å². The molecule has 2 unspecified atom stereocenters. The molecule has 0 aromatic carbocycles. The first-order valence-electron chi connectivity index (χ1n) is 9.66. The molecule has 0 radical (unpaired) electrons. The van der Waals surface area contributed by atoms with Crippen molar-refractivity contribution in [1.29, 1.82) is 5.41 Å². The largest absolute Gasteiger partial charge is 0.471 e. The summed E-state index contributed by atoms with van der Waals surface area (Å²) in [5, 5.41) is 7.87. The van der Waals surface area contributed by atoms with Crippen molar-refractivity contribution in [2.45, 2.75) is 61.3 Å². The lowest BCUT2D eigenvalue weighted by atomic mass is 9.95. The van der Waals surface area contributed by atoms with Gasteiger partial charge in [-0.05, 0) is 6.42 Å². The summed E-state index contributed by atoms with van der Waals surface area (Å²) in [6, 6.07) is 0.